The maximum Gasteiger partial charge on any atom is 0.303 e. The van der Waals surface area contributed by atoms with E-state index in [2.05, 4.69) is 0 Å². The zero-order valence-corrected chi connectivity index (χ0v) is 13.6. The first kappa shape index (κ1) is 20.1. The van der Waals surface area contributed by atoms with Crippen LogP contribution in [0.4, 0.5) is 0 Å². The van der Waals surface area contributed by atoms with E-state index in [1.165, 1.54) is 0 Å². The first-order chi connectivity index (χ1) is 9.85. The van der Waals surface area contributed by atoms with Crippen LogP contribution >= 0.6 is 0 Å². The quantitative estimate of drug-likeness (QED) is 0.242. The number of hydrogen-bond donors (Lipinski definition) is 1. The molecule has 0 saturated carbocycles. The normalized spacial score (nSPS) is 13.1. The molecule has 21 heavy (non-hydrogen) atoms. The molecule has 0 aliphatic heterocycles. The van der Waals surface area contributed by atoms with Gasteiger partial charge in [-0.3, -0.25) is 4.79 Å². The first-order valence-corrected chi connectivity index (χ1v) is 7.87. The maximum absolute atomic E-state index is 10.9. The molecule has 124 valence electrons. The molecule has 0 aliphatic rings. The van der Waals surface area contributed by atoms with Crippen LogP contribution in [-0.2, 0) is 19.4 Å². The number of aliphatic carboxylic acids is 1. The van der Waals surface area contributed by atoms with Gasteiger partial charge in [0.15, 0.2) is 6.29 Å². The molecule has 0 fully saturated rings. The molecule has 0 radical (unpaired) electrons. The minimum Gasteiger partial charge on any atom is -0.481 e. The lowest BCUT2D eigenvalue weighted by molar-refractivity contribution is -0.364. The molecular weight excluding hydrogens is 272 g/mol. The molecule has 5 nitrogen and oxygen atoms in total. The van der Waals surface area contributed by atoms with Crippen LogP contribution < -0.4 is 0 Å². The average Bonchev–Trinajstić information content (AvgIpc) is 2.38. The lowest BCUT2D eigenvalue weighted by atomic mass is 10.1. The predicted molar refractivity (Wildman–Crippen MR) is 81.0 cm³/mol. The molecular formula is C16H30O5. The van der Waals surface area contributed by atoms with Gasteiger partial charge in [0.1, 0.15) is 6.10 Å². The fourth-order valence-electron chi connectivity index (χ4n) is 1.85. The molecule has 1 N–H and O–H groups in total. The van der Waals surface area contributed by atoms with Gasteiger partial charge in [0, 0.05) is 6.42 Å². The Labute approximate surface area is 127 Å². The van der Waals surface area contributed by atoms with Crippen molar-refractivity contribution in [2.75, 3.05) is 0 Å². The van der Waals surface area contributed by atoms with E-state index in [4.69, 9.17) is 14.9 Å². The summed E-state index contributed by atoms with van der Waals surface area (Å²) in [5.41, 5.74) is -0.406. The second-order valence-electron chi connectivity index (χ2n) is 6.37. The Morgan fingerprint density at radius 3 is 2.05 bits per heavy atom. The molecule has 1 unspecified atom stereocenters. The summed E-state index contributed by atoms with van der Waals surface area (Å²) in [6.45, 7) is 5.62. The lowest BCUT2D eigenvalue weighted by Crippen LogP contribution is -2.25. The number of hydrogen-bond acceptors (Lipinski definition) is 4. The van der Waals surface area contributed by atoms with Crippen molar-refractivity contribution < 1.29 is 24.5 Å². The Kier molecular flexibility index (Phi) is 11.2. The molecule has 0 aromatic carbocycles. The second kappa shape index (κ2) is 11.7. The third-order valence-corrected chi connectivity index (χ3v) is 2.95. The third kappa shape index (κ3) is 15.3. The number of unbranched alkanes of at least 4 members (excludes halogenated alkanes) is 6. The largest absolute Gasteiger partial charge is 0.481 e. The van der Waals surface area contributed by atoms with Gasteiger partial charge in [0.25, 0.3) is 0 Å². The van der Waals surface area contributed by atoms with E-state index in [9.17, 15) is 9.59 Å². The molecule has 0 saturated heterocycles. The van der Waals surface area contributed by atoms with Crippen LogP contribution in [0.15, 0.2) is 0 Å². The van der Waals surface area contributed by atoms with Gasteiger partial charge in [-0.15, -0.1) is 0 Å². The topological polar surface area (TPSA) is 72.8 Å². The van der Waals surface area contributed by atoms with Crippen LogP contribution in [0, 0.1) is 0 Å². The van der Waals surface area contributed by atoms with E-state index in [1.54, 1.807) is 0 Å². The summed E-state index contributed by atoms with van der Waals surface area (Å²) in [6, 6.07) is 0. The van der Waals surface area contributed by atoms with E-state index in [0.29, 0.717) is 6.42 Å². The minimum absolute atomic E-state index is 0.270. The van der Waals surface area contributed by atoms with Crippen molar-refractivity contribution in [3.05, 3.63) is 0 Å². The van der Waals surface area contributed by atoms with Crippen LogP contribution in [0.25, 0.3) is 0 Å². The highest BCUT2D eigenvalue weighted by Gasteiger charge is 2.16. The van der Waals surface area contributed by atoms with Crippen molar-refractivity contribution in [3.63, 3.8) is 0 Å². The zero-order valence-electron chi connectivity index (χ0n) is 13.6. The number of aldehydes is 1. The van der Waals surface area contributed by atoms with E-state index in [1.807, 2.05) is 20.8 Å². The third-order valence-electron chi connectivity index (χ3n) is 2.95. The van der Waals surface area contributed by atoms with Crippen molar-refractivity contribution in [2.45, 2.75) is 90.3 Å². The molecule has 5 heteroatoms. The molecule has 0 spiro atoms. The second-order valence-corrected chi connectivity index (χ2v) is 6.37. The zero-order chi connectivity index (χ0) is 16.1. The monoisotopic (exact) mass is 302 g/mol. The Bertz CT molecular complexity index is 283. The number of carboxylic acids is 1. The number of carbonyl (C=O) groups excluding carboxylic acids is 1. The smallest absolute Gasteiger partial charge is 0.303 e. The van der Waals surface area contributed by atoms with Crippen LogP contribution in [0.2, 0.25) is 0 Å². The number of carboxylic acid groups (broad SMARTS) is 1. The van der Waals surface area contributed by atoms with E-state index in [-0.39, 0.29) is 6.42 Å². The Balaban J connectivity index is 3.43. The van der Waals surface area contributed by atoms with Crippen molar-refractivity contribution in [1.29, 1.82) is 0 Å². The highest BCUT2D eigenvalue weighted by molar-refractivity contribution is 5.66. The van der Waals surface area contributed by atoms with Gasteiger partial charge < -0.3 is 9.90 Å². The van der Waals surface area contributed by atoms with Crippen molar-refractivity contribution >= 4 is 12.3 Å². The first-order valence-electron chi connectivity index (χ1n) is 7.87. The molecule has 0 aromatic rings. The van der Waals surface area contributed by atoms with Gasteiger partial charge in [-0.05, 0) is 33.6 Å². The summed E-state index contributed by atoms with van der Waals surface area (Å²) < 4.78 is 0. The summed E-state index contributed by atoms with van der Waals surface area (Å²) in [7, 11) is 0. The lowest BCUT2D eigenvalue weighted by Gasteiger charge is -2.20. The molecule has 0 heterocycles. The van der Waals surface area contributed by atoms with Crippen LogP contribution in [0.1, 0.15) is 78.6 Å². The standard InChI is InChI=1S/C16H30O5/c1-16(2,3)21-20-14(13-17)11-9-7-5-4-6-8-10-12-15(18)19/h13-14H,4-12H2,1-3H3,(H,18,19). The van der Waals surface area contributed by atoms with Gasteiger partial charge in [-0.2, -0.15) is 0 Å². The van der Waals surface area contributed by atoms with Crippen molar-refractivity contribution in [1.82, 2.24) is 0 Å². The highest BCUT2D eigenvalue weighted by atomic mass is 17.2. The predicted octanol–water partition coefficient (Wildman–Crippen LogP) is 3.90. The fraction of sp³-hybridized carbons (Fsp3) is 0.875. The van der Waals surface area contributed by atoms with Crippen molar-refractivity contribution in [2.24, 2.45) is 0 Å². The van der Waals surface area contributed by atoms with Gasteiger partial charge >= 0.3 is 5.97 Å². The van der Waals surface area contributed by atoms with Gasteiger partial charge in [0.05, 0.1) is 5.60 Å². The van der Waals surface area contributed by atoms with Gasteiger partial charge in [-0.25, -0.2) is 9.78 Å². The Morgan fingerprint density at radius 2 is 1.57 bits per heavy atom. The van der Waals surface area contributed by atoms with Crippen LogP contribution in [0.5, 0.6) is 0 Å². The van der Waals surface area contributed by atoms with E-state index in [0.717, 1.165) is 51.2 Å². The van der Waals surface area contributed by atoms with Gasteiger partial charge in [-0.1, -0.05) is 38.5 Å². The summed E-state index contributed by atoms with van der Waals surface area (Å²) in [6.07, 6.45) is 8.29. The summed E-state index contributed by atoms with van der Waals surface area (Å²) in [4.78, 5) is 31.5. The maximum atomic E-state index is 10.9. The van der Waals surface area contributed by atoms with Crippen LogP contribution in [0.3, 0.4) is 0 Å². The molecule has 0 bridgehead atoms. The fourth-order valence-corrected chi connectivity index (χ4v) is 1.85. The number of carbonyl (C=O) groups is 2. The molecule has 1 atom stereocenters. The van der Waals surface area contributed by atoms with Crippen molar-refractivity contribution in [3.8, 4) is 0 Å². The Morgan fingerprint density at radius 1 is 1.05 bits per heavy atom. The SMILES string of the molecule is CC(C)(C)OOC(C=O)CCCCCCCCCC(=O)O. The van der Waals surface area contributed by atoms with E-state index >= 15 is 0 Å². The Hall–Kier alpha value is -0.940. The molecule has 0 amide bonds. The minimum atomic E-state index is -0.715. The highest BCUT2D eigenvalue weighted by Crippen LogP contribution is 2.14. The average molecular weight is 302 g/mol. The van der Waals surface area contributed by atoms with E-state index < -0.39 is 17.7 Å². The molecule has 0 rings (SSSR count). The molecule has 0 aliphatic carbocycles. The molecule has 0 aromatic heterocycles. The van der Waals surface area contributed by atoms with Gasteiger partial charge in [0.2, 0.25) is 0 Å². The number of rotatable bonds is 13. The summed E-state index contributed by atoms with van der Waals surface area (Å²) >= 11 is 0. The van der Waals surface area contributed by atoms with Crippen LogP contribution in [-0.4, -0.2) is 29.1 Å². The summed E-state index contributed by atoms with van der Waals surface area (Å²) in [5, 5.41) is 8.50. The summed E-state index contributed by atoms with van der Waals surface area (Å²) in [5.74, 6) is -0.715.